The third-order valence-electron chi connectivity index (χ3n) is 2.79. The van der Waals surface area contributed by atoms with Gasteiger partial charge in [-0.3, -0.25) is 4.90 Å². The number of rotatable bonds is 6. The number of nitrogens with zero attached hydrogens (tertiary/aromatic N) is 1. The van der Waals surface area contributed by atoms with E-state index in [1.54, 1.807) is 7.11 Å². The van der Waals surface area contributed by atoms with Crippen molar-refractivity contribution in [3.05, 3.63) is 28.2 Å². The molecule has 96 valence electrons. The Kier molecular flexibility index (Phi) is 5.95. The van der Waals surface area contributed by atoms with E-state index >= 15 is 0 Å². The van der Waals surface area contributed by atoms with Gasteiger partial charge in [-0.25, -0.2) is 0 Å². The van der Waals surface area contributed by atoms with Gasteiger partial charge in [-0.2, -0.15) is 0 Å². The number of nitrogens with two attached hydrogens (primary N) is 1. The molecule has 0 aromatic heterocycles. The van der Waals surface area contributed by atoms with Gasteiger partial charge in [0.15, 0.2) is 0 Å². The lowest BCUT2D eigenvalue weighted by Crippen LogP contribution is -2.33. The SMILES string of the molecule is COCCN(Cc1cccc(N)c1Br)C(C)C. The summed E-state index contributed by atoms with van der Waals surface area (Å²) in [6, 6.07) is 6.48. The Morgan fingerprint density at radius 3 is 2.71 bits per heavy atom. The van der Waals surface area contributed by atoms with E-state index in [0.717, 1.165) is 29.9 Å². The molecule has 0 saturated carbocycles. The van der Waals surface area contributed by atoms with Crippen LogP contribution in [0.3, 0.4) is 0 Å². The summed E-state index contributed by atoms with van der Waals surface area (Å²) < 4.78 is 6.14. The number of anilines is 1. The van der Waals surface area contributed by atoms with E-state index in [0.29, 0.717) is 6.04 Å². The number of hydrogen-bond acceptors (Lipinski definition) is 3. The number of nitrogen functional groups attached to an aromatic ring is 1. The van der Waals surface area contributed by atoms with Crippen LogP contribution in [0.4, 0.5) is 5.69 Å². The first kappa shape index (κ1) is 14.5. The number of methoxy groups -OCH3 is 1. The molecule has 0 heterocycles. The normalized spacial score (nSPS) is 11.4. The van der Waals surface area contributed by atoms with E-state index in [9.17, 15) is 0 Å². The molecule has 4 heteroatoms. The van der Waals surface area contributed by atoms with Crippen molar-refractivity contribution in [2.24, 2.45) is 0 Å². The minimum Gasteiger partial charge on any atom is -0.398 e. The Hall–Kier alpha value is -0.580. The lowest BCUT2D eigenvalue weighted by Gasteiger charge is -2.26. The van der Waals surface area contributed by atoms with Gasteiger partial charge in [-0.05, 0) is 41.4 Å². The summed E-state index contributed by atoms with van der Waals surface area (Å²) in [7, 11) is 1.73. The molecule has 0 amide bonds. The van der Waals surface area contributed by atoms with Gasteiger partial charge in [-0.15, -0.1) is 0 Å². The number of hydrogen-bond donors (Lipinski definition) is 1. The Morgan fingerprint density at radius 2 is 2.12 bits per heavy atom. The molecule has 0 fully saturated rings. The van der Waals surface area contributed by atoms with Crippen LogP contribution in [0.1, 0.15) is 19.4 Å². The molecule has 0 radical (unpaired) electrons. The fraction of sp³-hybridized carbons (Fsp3) is 0.538. The van der Waals surface area contributed by atoms with E-state index in [4.69, 9.17) is 10.5 Å². The molecule has 0 aliphatic rings. The van der Waals surface area contributed by atoms with Gasteiger partial charge in [0.1, 0.15) is 0 Å². The van der Waals surface area contributed by atoms with Crippen LogP contribution in [0.15, 0.2) is 22.7 Å². The van der Waals surface area contributed by atoms with Gasteiger partial charge >= 0.3 is 0 Å². The molecule has 0 bridgehead atoms. The summed E-state index contributed by atoms with van der Waals surface area (Å²) in [6.07, 6.45) is 0. The summed E-state index contributed by atoms with van der Waals surface area (Å²) in [5.74, 6) is 0. The van der Waals surface area contributed by atoms with Crippen molar-refractivity contribution in [3.63, 3.8) is 0 Å². The number of halogens is 1. The molecule has 0 spiro atoms. The summed E-state index contributed by atoms with van der Waals surface area (Å²) in [6.45, 7) is 6.94. The lowest BCUT2D eigenvalue weighted by molar-refractivity contribution is 0.125. The molecule has 0 unspecified atom stereocenters. The van der Waals surface area contributed by atoms with Gasteiger partial charge in [-0.1, -0.05) is 12.1 Å². The van der Waals surface area contributed by atoms with Crippen molar-refractivity contribution in [1.82, 2.24) is 4.90 Å². The zero-order valence-corrected chi connectivity index (χ0v) is 12.3. The standard InChI is InChI=1S/C13H21BrN2O/c1-10(2)16(7-8-17-3)9-11-5-4-6-12(15)13(11)14/h4-6,10H,7-9,15H2,1-3H3. The quantitative estimate of drug-likeness (QED) is 0.821. The molecular formula is C13H21BrN2O. The highest BCUT2D eigenvalue weighted by Crippen LogP contribution is 2.25. The average molecular weight is 301 g/mol. The Morgan fingerprint density at radius 1 is 1.41 bits per heavy atom. The van der Waals surface area contributed by atoms with Crippen molar-refractivity contribution in [3.8, 4) is 0 Å². The van der Waals surface area contributed by atoms with Gasteiger partial charge < -0.3 is 10.5 Å². The molecule has 1 aromatic carbocycles. The maximum atomic E-state index is 5.88. The maximum absolute atomic E-state index is 5.88. The first-order chi connectivity index (χ1) is 8.06. The predicted molar refractivity (Wildman–Crippen MR) is 76.0 cm³/mol. The molecule has 1 aromatic rings. The monoisotopic (exact) mass is 300 g/mol. The molecule has 0 saturated heterocycles. The largest absolute Gasteiger partial charge is 0.398 e. The van der Waals surface area contributed by atoms with Crippen molar-refractivity contribution in [2.75, 3.05) is 26.0 Å². The maximum Gasteiger partial charge on any atom is 0.0589 e. The van der Waals surface area contributed by atoms with Crippen LogP contribution in [0.25, 0.3) is 0 Å². The van der Waals surface area contributed by atoms with Crippen LogP contribution < -0.4 is 5.73 Å². The van der Waals surface area contributed by atoms with E-state index in [-0.39, 0.29) is 0 Å². The number of ether oxygens (including phenoxy) is 1. The molecule has 0 aliphatic heterocycles. The topological polar surface area (TPSA) is 38.5 Å². The molecular weight excluding hydrogens is 280 g/mol. The summed E-state index contributed by atoms with van der Waals surface area (Å²) >= 11 is 3.54. The zero-order valence-electron chi connectivity index (χ0n) is 10.7. The average Bonchev–Trinajstić information content (AvgIpc) is 2.29. The van der Waals surface area contributed by atoms with E-state index in [1.165, 1.54) is 5.56 Å². The highest BCUT2D eigenvalue weighted by molar-refractivity contribution is 9.10. The minimum absolute atomic E-state index is 0.485. The molecule has 1 rings (SSSR count). The summed E-state index contributed by atoms with van der Waals surface area (Å²) in [5.41, 5.74) is 7.89. The van der Waals surface area contributed by atoms with Crippen molar-refractivity contribution >= 4 is 21.6 Å². The van der Waals surface area contributed by atoms with Gasteiger partial charge in [0.05, 0.1) is 6.61 Å². The van der Waals surface area contributed by atoms with Crippen LogP contribution in [0.2, 0.25) is 0 Å². The molecule has 0 atom stereocenters. The first-order valence-electron chi connectivity index (χ1n) is 5.82. The van der Waals surface area contributed by atoms with E-state index in [2.05, 4.69) is 40.7 Å². The Balaban J connectivity index is 2.75. The van der Waals surface area contributed by atoms with Crippen LogP contribution in [0.5, 0.6) is 0 Å². The van der Waals surface area contributed by atoms with Gasteiger partial charge in [0.2, 0.25) is 0 Å². The predicted octanol–water partition coefficient (Wildman–Crippen LogP) is 2.89. The fourth-order valence-electron chi connectivity index (χ4n) is 1.67. The molecule has 17 heavy (non-hydrogen) atoms. The fourth-order valence-corrected chi connectivity index (χ4v) is 2.06. The van der Waals surface area contributed by atoms with Crippen LogP contribution >= 0.6 is 15.9 Å². The highest BCUT2D eigenvalue weighted by atomic mass is 79.9. The third kappa shape index (κ3) is 4.30. The summed E-state index contributed by atoms with van der Waals surface area (Å²) in [4.78, 5) is 2.36. The van der Waals surface area contributed by atoms with Gasteiger partial charge in [0.25, 0.3) is 0 Å². The van der Waals surface area contributed by atoms with Crippen molar-refractivity contribution in [2.45, 2.75) is 26.4 Å². The van der Waals surface area contributed by atoms with Crippen LogP contribution in [-0.2, 0) is 11.3 Å². The molecule has 3 nitrogen and oxygen atoms in total. The summed E-state index contributed by atoms with van der Waals surface area (Å²) in [5, 5.41) is 0. The van der Waals surface area contributed by atoms with Crippen molar-refractivity contribution < 1.29 is 4.74 Å². The van der Waals surface area contributed by atoms with E-state index in [1.807, 2.05) is 12.1 Å². The second-order valence-corrected chi connectivity index (χ2v) is 5.17. The molecule has 0 aliphatic carbocycles. The Bertz CT molecular complexity index is 355. The first-order valence-corrected chi connectivity index (χ1v) is 6.61. The zero-order chi connectivity index (χ0) is 12.8. The highest BCUT2D eigenvalue weighted by Gasteiger charge is 2.12. The third-order valence-corrected chi connectivity index (χ3v) is 3.76. The smallest absolute Gasteiger partial charge is 0.0589 e. The molecule has 2 N–H and O–H groups in total. The minimum atomic E-state index is 0.485. The van der Waals surface area contributed by atoms with Crippen molar-refractivity contribution in [1.29, 1.82) is 0 Å². The van der Waals surface area contributed by atoms with Crippen LogP contribution in [-0.4, -0.2) is 31.2 Å². The van der Waals surface area contributed by atoms with Crippen LogP contribution in [0, 0.1) is 0 Å². The van der Waals surface area contributed by atoms with E-state index < -0.39 is 0 Å². The number of benzene rings is 1. The van der Waals surface area contributed by atoms with Gasteiger partial charge in [0, 0.05) is 36.4 Å². The second-order valence-electron chi connectivity index (χ2n) is 4.38. The second kappa shape index (κ2) is 6.99. The Labute approximate surface area is 112 Å². The lowest BCUT2D eigenvalue weighted by atomic mass is 10.1.